The normalized spacial score (nSPS) is 23.5. The summed E-state index contributed by atoms with van der Waals surface area (Å²) < 4.78 is 33.2. The Morgan fingerprint density at radius 2 is 2.10 bits per heavy atom. The topological polar surface area (TPSA) is 96.9 Å². The minimum Gasteiger partial charge on any atom is -0.405 e. The first-order chi connectivity index (χ1) is 14.2. The summed E-state index contributed by atoms with van der Waals surface area (Å²) in [6, 6.07) is 3.89. The van der Waals surface area contributed by atoms with E-state index in [4.69, 9.17) is 20.4 Å². The molecule has 3 heterocycles. The lowest BCUT2D eigenvalue weighted by atomic mass is 9.79. The molecule has 0 bridgehead atoms. The quantitative estimate of drug-likeness (QED) is 0.593. The molecule has 0 unspecified atom stereocenters. The van der Waals surface area contributed by atoms with E-state index in [1.807, 2.05) is 0 Å². The Bertz CT molecular complexity index is 1090. The van der Waals surface area contributed by atoms with Crippen LogP contribution < -0.4 is 13.7 Å². The van der Waals surface area contributed by atoms with Crippen molar-refractivity contribution >= 4 is 52.4 Å². The van der Waals surface area contributed by atoms with Crippen LogP contribution in [0, 0.1) is 24.5 Å². The van der Waals surface area contributed by atoms with E-state index in [0.717, 1.165) is 0 Å². The molecule has 2 atom stereocenters. The van der Waals surface area contributed by atoms with Gasteiger partial charge in [-0.15, -0.1) is 0 Å². The smallest absolute Gasteiger partial charge is 0.265 e. The van der Waals surface area contributed by atoms with Gasteiger partial charge in [0.05, 0.1) is 18.2 Å². The van der Waals surface area contributed by atoms with E-state index in [1.165, 1.54) is 60.1 Å². The predicted octanol–water partition coefficient (Wildman–Crippen LogP) is 2.56. The molecular formula is C18H16ClF2IN6O2. The van der Waals surface area contributed by atoms with Crippen molar-refractivity contribution in [3.05, 3.63) is 46.1 Å². The molecule has 1 aromatic carbocycles. The second-order valence-electron chi connectivity index (χ2n) is 7.15. The van der Waals surface area contributed by atoms with Gasteiger partial charge in [0.2, 0.25) is 17.7 Å². The molecule has 0 saturated carbocycles. The van der Waals surface area contributed by atoms with Gasteiger partial charge in [0.1, 0.15) is 11.4 Å². The van der Waals surface area contributed by atoms with Gasteiger partial charge < -0.3 is 13.7 Å². The van der Waals surface area contributed by atoms with Crippen molar-refractivity contribution in [3.8, 4) is 5.88 Å². The maximum absolute atomic E-state index is 14.1. The molecule has 30 heavy (non-hydrogen) atoms. The molecule has 2 aliphatic heterocycles. The largest absolute Gasteiger partial charge is 0.405 e. The summed E-state index contributed by atoms with van der Waals surface area (Å²) in [6.45, 7) is 1.72. The van der Waals surface area contributed by atoms with Gasteiger partial charge in [-0.3, -0.25) is 9.69 Å². The molecule has 1 amide bonds. The first-order valence-electron chi connectivity index (χ1n) is 8.84. The number of nitrogens with zero attached hydrogens (tertiary/aromatic N) is 5. The lowest BCUT2D eigenvalue weighted by Crippen LogP contribution is -2.54. The van der Waals surface area contributed by atoms with Crippen LogP contribution in [0.5, 0.6) is 5.88 Å². The first kappa shape index (κ1) is 21.0. The van der Waals surface area contributed by atoms with Crippen molar-refractivity contribution in [2.75, 3.05) is 25.0 Å². The molecule has 0 aliphatic carbocycles. The average Bonchev–Trinajstić information content (AvgIpc) is 3.10. The monoisotopic (exact) mass is 548 g/mol. The number of nitrogens with two attached hydrogens (primary N) is 1. The Kier molecular flexibility index (Phi) is 5.21. The Labute approximate surface area is 189 Å². The summed E-state index contributed by atoms with van der Waals surface area (Å²) in [6.07, 6.45) is 0. The van der Waals surface area contributed by atoms with Crippen LogP contribution in [0.4, 0.5) is 14.7 Å². The molecule has 0 radical (unpaired) electrons. The van der Waals surface area contributed by atoms with Crippen LogP contribution in [0.15, 0.2) is 23.2 Å². The third kappa shape index (κ3) is 3.14. The highest BCUT2D eigenvalue weighted by Crippen LogP contribution is 2.47. The number of fused-ring (bicyclic) bond motifs is 1. The third-order valence-electron chi connectivity index (χ3n) is 5.42. The molecule has 1 fully saturated rings. The lowest BCUT2D eigenvalue weighted by Gasteiger charge is -2.38. The fraction of sp³-hybridized carbons (Fsp3) is 0.333. The molecule has 2 N–H and O–H groups in total. The van der Waals surface area contributed by atoms with Crippen molar-refractivity contribution < 1.29 is 16.6 Å². The lowest BCUT2D eigenvalue weighted by molar-refractivity contribution is -0.132. The molecule has 4 rings (SSSR count). The molecular weight excluding hydrogens is 533 g/mol. The van der Waals surface area contributed by atoms with Gasteiger partial charge in [-0.05, 0) is 25.1 Å². The van der Waals surface area contributed by atoms with Gasteiger partial charge in [-0.2, -0.15) is 9.37 Å². The van der Waals surface area contributed by atoms with E-state index in [2.05, 4.69) is 15.0 Å². The van der Waals surface area contributed by atoms with Gasteiger partial charge in [0.15, 0.2) is 29.0 Å². The maximum atomic E-state index is 14.1. The van der Waals surface area contributed by atoms with Crippen LogP contribution in [0.25, 0.3) is 0 Å². The highest BCUT2D eigenvalue weighted by Gasteiger charge is 2.56. The second-order valence-corrected chi connectivity index (χ2v) is 8.00. The van der Waals surface area contributed by atoms with E-state index in [-0.39, 0.29) is 47.5 Å². The number of hydrogen-bond acceptors (Lipinski definition) is 7. The zero-order valence-corrected chi connectivity index (χ0v) is 18.8. The highest BCUT2D eigenvalue weighted by atomic mass is 127. The van der Waals surface area contributed by atoms with Gasteiger partial charge in [0, 0.05) is 24.2 Å². The molecule has 1 aromatic heterocycles. The molecule has 158 valence electrons. The Morgan fingerprint density at radius 3 is 2.80 bits per heavy atom. The first-order valence-corrected chi connectivity index (χ1v) is 10.1. The minimum absolute atomic E-state index is 0.00841. The van der Waals surface area contributed by atoms with Crippen molar-refractivity contribution in [2.24, 2.45) is 16.6 Å². The fourth-order valence-electron chi connectivity index (χ4n) is 3.88. The number of guanidine groups is 1. The van der Waals surface area contributed by atoms with Crippen LogP contribution in [-0.2, 0) is 10.3 Å². The van der Waals surface area contributed by atoms with Crippen molar-refractivity contribution in [3.63, 3.8) is 0 Å². The van der Waals surface area contributed by atoms with Crippen LogP contribution >= 0.6 is 34.6 Å². The number of hydrogen-bond donors (Lipinski definition) is 1. The number of amides is 1. The van der Waals surface area contributed by atoms with Crippen LogP contribution in [-0.4, -0.2) is 46.9 Å². The third-order valence-corrected chi connectivity index (χ3v) is 6.17. The van der Waals surface area contributed by atoms with Gasteiger partial charge in [0.25, 0.3) is 5.88 Å². The molecule has 2 aromatic rings. The van der Waals surface area contributed by atoms with Crippen LogP contribution in [0.3, 0.4) is 0 Å². The predicted molar refractivity (Wildman–Crippen MR) is 115 cm³/mol. The number of rotatable bonds is 3. The summed E-state index contributed by atoms with van der Waals surface area (Å²) in [5.41, 5.74) is 5.19. The van der Waals surface area contributed by atoms with E-state index < -0.39 is 23.1 Å². The summed E-state index contributed by atoms with van der Waals surface area (Å²) in [5.74, 6) is -2.29. The summed E-state index contributed by atoms with van der Waals surface area (Å²) in [5, 5.41) is 0.254. The molecule has 12 heteroatoms. The summed E-state index contributed by atoms with van der Waals surface area (Å²) in [4.78, 5) is 28.9. The molecule has 8 nitrogen and oxygen atoms in total. The van der Waals surface area contributed by atoms with E-state index in [0.29, 0.717) is 5.56 Å². The molecule has 1 saturated heterocycles. The van der Waals surface area contributed by atoms with E-state index >= 15 is 0 Å². The molecule has 0 spiro atoms. The Hall–Kier alpha value is -2.28. The van der Waals surface area contributed by atoms with Gasteiger partial charge in [-0.25, -0.2) is 14.4 Å². The zero-order valence-electron chi connectivity index (χ0n) is 15.9. The number of halogens is 4. The number of aromatic nitrogens is 2. The number of aryl methyl sites for hydroxylation is 1. The standard InChI is InChI=1S/C18H16ClF2IN6O2/c1-8-13(21)14(30-22)25-17(24-8)28-6-11-15(29)27(2)16(23)26-18(11,7-28)10-5-9(20)3-4-12(10)19/h3-5,11H,6-7H2,1-2H3,(H2,23,26)/t11-,18+/m0/s1. The second kappa shape index (κ2) is 7.45. The van der Waals surface area contributed by atoms with Crippen molar-refractivity contribution in [2.45, 2.75) is 12.5 Å². The van der Waals surface area contributed by atoms with Gasteiger partial charge >= 0.3 is 0 Å². The Morgan fingerprint density at radius 1 is 1.37 bits per heavy atom. The molecule has 2 aliphatic rings. The van der Waals surface area contributed by atoms with Crippen molar-refractivity contribution in [1.82, 2.24) is 14.9 Å². The van der Waals surface area contributed by atoms with Crippen LogP contribution in [0.2, 0.25) is 5.02 Å². The SMILES string of the molecule is Cc1nc(N2C[C@H]3C(=O)N(C)C(N)=N[C@@]3(c3cc(F)ccc3Cl)C2)nc(OI)c1F. The number of carbonyl (C=O) groups is 1. The average molecular weight is 549 g/mol. The maximum Gasteiger partial charge on any atom is 0.265 e. The number of anilines is 1. The summed E-state index contributed by atoms with van der Waals surface area (Å²) >= 11 is 7.92. The van der Waals surface area contributed by atoms with Gasteiger partial charge in [-0.1, -0.05) is 11.6 Å². The fourth-order valence-corrected chi connectivity index (χ4v) is 4.46. The highest BCUT2D eigenvalue weighted by molar-refractivity contribution is 14.1. The number of benzene rings is 1. The number of carbonyl (C=O) groups excluding carboxylic acids is 1. The van der Waals surface area contributed by atoms with Crippen LogP contribution in [0.1, 0.15) is 11.3 Å². The minimum atomic E-state index is -1.25. The zero-order chi connectivity index (χ0) is 21.8. The number of aliphatic imine (C=N–C) groups is 1. The summed E-state index contributed by atoms with van der Waals surface area (Å²) in [7, 11) is 1.52. The van der Waals surface area contributed by atoms with E-state index in [1.54, 1.807) is 4.90 Å². The Balaban J connectivity index is 1.88. The van der Waals surface area contributed by atoms with E-state index in [9.17, 15) is 13.6 Å². The van der Waals surface area contributed by atoms with Crippen molar-refractivity contribution in [1.29, 1.82) is 0 Å².